The molecule has 0 rings (SSSR count). The van der Waals surface area contributed by atoms with Crippen LogP contribution in [0.3, 0.4) is 0 Å². The Morgan fingerprint density at radius 2 is 1.68 bits per heavy atom. The third kappa shape index (κ3) is 7.32. The summed E-state index contributed by atoms with van der Waals surface area (Å²) in [6.07, 6.45) is -6.79. The van der Waals surface area contributed by atoms with E-state index in [1.54, 1.807) is 0 Å². The first-order chi connectivity index (χ1) is 8.87. The third-order valence-corrected chi connectivity index (χ3v) is 2.88. The van der Waals surface area contributed by atoms with Crippen molar-refractivity contribution in [1.29, 1.82) is 0 Å². The number of aliphatic hydroxyl groups is 4. The molecular formula is C8H14NNa2O10P. The fourth-order valence-electron chi connectivity index (χ4n) is 1.24. The Balaban J connectivity index is -0.00000180. The summed E-state index contributed by atoms with van der Waals surface area (Å²) in [7, 11) is -5.84. The standard InChI is InChI=1S/C8H16NO10P.2Na/c1-3(11)8(9,7(15)19-20(16,17)18)6(14)5(13)4(12)2-10;;/h4-6,10,12-14H,2,9H2,1H3,(H2,16,17,18);;/q;2*+1/p-2/t4-,5-,6+,8-;;/m1../s1. The minimum Gasteiger partial charge on any atom is -0.780 e. The quantitative estimate of drug-likeness (QED) is 0.163. The van der Waals surface area contributed by atoms with Crippen LogP contribution in [-0.4, -0.2) is 62.6 Å². The molecule has 118 valence electrons. The Morgan fingerprint density at radius 3 is 1.95 bits per heavy atom. The Hall–Kier alpha value is 1.09. The number of phosphoric acid groups is 1. The second-order valence-corrected chi connectivity index (χ2v) is 5.01. The minimum atomic E-state index is -5.84. The molecule has 11 nitrogen and oxygen atoms in total. The van der Waals surface area contributed by atoms with Gasteiger partial charge < -0.3 is 45.0 Å². The molecule has 22 heavy (non-hydrogen) atoms. The van der Waals surface area contributed by atoms with E-state index in [1.807, 2.05) is 0 Å². The van der Waals surface area contributed by atoms with Gasteiger partial charge in [0.25, 0.3) is 0 Å². The number of carbonyl (C=O) groups is 2. The van der Waals surface area contributed by atoms with Gasteiger partial charge in [0.05, 0.1) is 6.61 Å². The van der Waals surface area contributed by atoms with E-state index >= 15 is 0 Å². The van der Waals surface area contributed by atoms with Gasteiger partial charge in [-0.05, 0) is 6.92 Å². The molecular weight excluding hydrogens is 347 g/mol. The van der Waals surface area contributed by atoms with Crippen LogP contribution in [0.2, 0.25) is 0 Å². The van der Waals surface area contributed by atoms with Crippen LogP contribution < -0.4 is 74.6 Å². The zero-order valence-electron chi connectivity index (χ0n) is 12.2. The van der Waals surface area contributed by atoms with Crippen LogP contribution in [0.5, 0.6) is 0 Å². The average Bonchev–Trinajstić information content (AvgIpc) is 2.32. The van der Waals surface area contributed by atoms with Crippen molar-refractivity contribution in [3.05, 3.63) is 0 Å². The van der Waals surface area contributed by atoms with Gasteiger partial charge >= 0.3 is 65.1 Å². The molecule has 0 aromatic carbocycles. The van der Waals surface area contributed by atoms with E-state index in [-0.39, 0.29) is 59.1 Å². The van der Waals surface area contributed by atoms with Gasteiger partial charge in [-0.15, -0.1) is 0 Å². The zero-order chi connectivity index (χ0) is 16.3. The number of phosphoric ester groups is 1. The summed E-state index contributed by atoms with van der Waals surface area (Å²) < 4.78 is 13.7. The van der Waals surface area contributed by atoms with Crippen LogP contribution in [0, 0.1) is 0 Å². The smallest absolute Gasteiger partial charge is 0.780 e. The maximum absolute atomic E-state index is 11.4. The Kier molecular flexibility index (Phi) is 13.8. The predicted molar refractivity (Wildman–Crippen MR) is 56.4 cm³/mol. The summed E-state index contributed by atoms with van der Waals surface area (Å²) in [5.74, 6) is -3.46. The molecule has 0 aromatic heterocycles. The van der Waals surface area contributed by atoms with E-state index in [9.17, 15) is 34.2 Å². The van der Waals surface area contributed by atoms with Crippen LogP contribution in [0.1, 0.15) is 6.92 Å². The van der Waals surface area contributed by atoms with Crippen molar-refractivity contribution >= 4 is 19.6 Å². The molecule has 0 fully saturated rings. The van der Waals surface area contributed by atoms with Crippen molar-refractivity contribution in [2.45, 2.75) is 30.8 Å². The molecule has 4 atom stereocenters. The Morgan fingerprint density at radius 1 is 1.27 bits per heavy atom. The maximum atomic E-state index is 11.4. The Bertz CT molecular complexity index is 431. The summed E-state index contributed by atoms with van der Waals surface area (Å²) >= 11 is 0. The monoisotopic (exact) mass is 361 g/mol. The van der Waals surface area contributed by atoms with E-state index in [4.69, 9.17) is 15.9 Å². The number of rotatable bonds is 7. The summed E-state index contributed by atoms with van der Waals surface area (Å²) in [6.45, 7) is -0.397. The van der Waals surface area contributed by atoms with Gasteiger partial charge in [0, 0.05) is 0 Å². The van der Waals surface area contributed by atoms with E-state index in [0.717, 1.165) is 0 Å². The molecule has 0 heterocycles. The van der Waals surface area contributed by atoms with Gasteiger partial charge in [0.15, 0.2) is 5.78 Å². The summed E-state index contributed by atoms with van der Waals surface area (Å²) in [4.78, 5) is 43.4. The molecule has 0 unspecified atom stereocenters. The van der Waals surface area contributed by atoms with Crippen LogP contribution in [0.25, 0.3) is 0 Å². The third-order valence-electron chi connectivity index (χ3n) is 2.49. The molecule has 0 amide bonds. The first-order valence-electron chi connectivity index (χ1n) is 5.09. The summed E-state index contributed by atoms with van der Waals surface area (Å²) in [6, 6.07) is 0. The summed E-state index contributed by atoms with van der Waals surface area (Å²) in [5.41, 5.74) is 2.09. The molecule has 0 aromatic rings. The van der Waals surface area contributed by atoms with Gasteiger partial charge in [0.1, 0.15) is 26.1 Å². The van der Waals surface area contributed by atoms with Crippen molar-refractivity contribution in [3.63, 3.8) is 0 Å². The average molecular weight is 361 g/mol. The molecule has 0 aliphatic rings. The number of ketones is 1. The largest absolute Gasteiger partial charge is 1.00 e. The first-order valence-corrected chi connectivity index (χ1v) is 6.55. The predicted octanol–water partition coefficient (Wildman–Crippen LogP) is -11.3. The van der Waals surface area contributed by atoms with Gasteiger partial charge in [-0.2, -0.15) is 0 Å². The molecule has 0 radical (unpaired) electrons. The molecule has 0 saturated carbocycles. The van der Waals surface area contributed by atoms with E-state index < -0.39 is 50.0 Å². The number of nitrogens with two attached hydrogens (primary N) is 1. The van der Waals surface area contributed by atoms with E-state index in [2.05, 4.69) is 4.52 Å². The Labute approximate surface area is 169 Å². The number of aliphatic hydroxyl groups excluding tert-OH is 4. The van der Waals surface area contributed by atoms with Gasteiger partial charge in [-0.3, -0.25) is 4.79 Å². The fourth-order valence-corrected chi connectivity index (χ4v) is 1.59. The topological polar surface area (TPSA) is 213 Å². The first kappa shape index (κ1) is 27.9. The zero-order valence-corrected chi connectivity index (χ0v) is 17.1. The van der Waals surface area contributed by atoms with Crippen molar-refractivity contribution < 1.29 is 108 Å². The number of hydrogen-bond donors (Lipinski definition) is 5. The second kappa shape index (κ2) is 10.9. The number of Topliss-reactive ketones (excluding diaryl/α,β-unsaturated/α-hetero) is 1. The van der Waals surface area contributed by atoms with E-state index in [1.165, 1.54) is 0 Å². The van der Waals surface area contributed by atoms with Gasteiger partial charge in [0.2, 0.25) is 5.54 Å². The molecule has 0 saturated heterocycles. The molecule has 0 spiro atoms. The molecule has 0 aliphatic heterocycles. The van der Waals surface area contributed by atoms with Crippen LogP contribution >= 0.6 is 7.82 Å². The van der Waals surface area contributed by atoms with Gasteiger partial charge in [-0.1, -0.05) is 0 Å². The molecule has 0 aliphatic carbocycles. The number of hydrogen-bond acceptors (Lipinski definition) is 11. The molecule has 0 bridgehead atoms. The van der Waals surface area contributed by atoms with Crippen molar-refractivity contribution in [2.75, 3.05) is 6.61 Å². The SMILES string of the molecule is CC(=O)[C@](N)(C(=O)OP(=O)([O-])[O-])[C@@H](O)[C@H](O)[C@H](O)CO.[Na+].[Na+]. The maximum Gasteiger partial charge on any atom is 1.00 e. The summed E-state index contributed by atoms with van der Waals surface area (Å²) in [5, 5.41) is 36.7. The molecule has 6 N–H and O–H groups in total. The normalized spacial score (nSPS) is 17.8. The second-order valence-electron chi connectivity index (χ2n) is 3.94. The van der Waals surface area contributed by atoms with Crippen molar-refractivity contribution in [1.82, 2.24) is 0 Å². The van der Waals surface area contributed by atoms with Crippen LogP contribution in [0.15, 0.2) is 0 Å². The van der Waals surface area contributed by atoms with Gasteiger partial charge in [-0.25, -0.2) is 4.79 Å². The molecule has 14 heteroatoms. The van der Waals surface area contributed by atoms with Crippen molar-refractivity contribution in [3.8, 4) is 0 Å². The van der Waals surface area contributed by atoms with Crippen LogP contribution in [0.4, 0.5) is 0 Å². The van der Waals surface area contributed by atoms with E-state index in [0.29, 0.717) is 6.92 Å². The van der Waals surface area contributed by atoms with Crippen LogP contribution in [-0.2, 0) is 18.7 Å². The van der Waals surface area contributed by atoms with Crippen molar-refractivity contribution in [2.24, 2.45) is 5.73 Å². The minimum absolute atomic E-state index is 0. The number of carbonyl (C=O) groups excluding carboxylic acids is 2. The fraction of sp³-hybridized carbons (Fsp3) is 0.750.